The van der Waals surface area contributed by atoms with E-state index in [9.17, 15) is 31.1 Å². The lowest BCUT2D eigenvalue weighted by atomic mass is 10.0. The molecule has 2 nitrogen and oxygen atoms in total. The van der Waals surface area contributed by atoms with Crippen LogP contribution in [0.2, 0.25) is 0 Å². The zero-order valence-electron chi connectivity index (χ0n) is 11.2. The number of halogens is 6. The second kappa shape index (κ2) is 5.94. The summed E-state index contributed by atoms with van der Waals surface area (Å²) in [7, 11) is 0. The van der Waals surface area contributed by atoms with E-state index in [1.807, 2.05) is 0 Å². The minimum atomic E-state index is -4.99. The van der Waals surface area contributed by atoms with Crippen molar-refractivity contribution in [3.8, 4) is 5.75 Å². The van der Waals surface area contributed by atoms with Crippen LogP contribution in [0.3, 0.4) is 0 Å². The fraction of sp³-hybridized carbons (Fsp3) is 0.133. The lowest BCUT2D eigenvalue weighted by Gasteiger charge is -2.15. The van der Waals surface area contributed by atoms with Crippen molar-refractivity contribution in [1.29, 1.82) is 0 Å². The number of ether oxygens (including phenoxy) is 1. The average Bonchev–Trinajstić information content (AvgIpc) is 2.45. The third kappa shape index (κ3) is 4.02. The Balaban J connectivity index is 2.47. The summed E-state index contributed by atoms with van der Waals surface area (Å²) in [6, 6.07) is 7.68. The van der Waals surface area contributed by atoms with Crippen LogP contribution < -0.4 is 4.74 Å². The fourth-order valence-corrected chi connectivity index (χ4v) is 1.79. The third-order valence-corrected chi connectivity index (χ3v) is 2.83. The Morgan fingerprint density at radius 2 is 1.43 bits per heavy atom. The molecule has 8 heteroatoms. The molecule has 0 aromatic heterocycles. The van der Waals surface area contributed by atoms with Crippen LogP contribution in [-0.4, -0.2) is 5.97 Å². The van der Waals surface area contributed by atoms with Crippen molar-refractivity contribution in [1.82, 2.24) is 0 Å². The monoisotopic (exact) mass is 334 g/mol. The van der Waals surface area contributed by atoms with Crippen LogP contribution in [0.5, 0.6) is 5.75 Å². The number of rotatable bonds is 2. The Bertz CT molecular complexity index is 704. The molecule has 0 aliphatic carbocycles. The highest BCUT2D eigenvalue weighted by atomic mass is 19.4. The number of esters is 1. The van der Waals surface area contributed by atoms with Crippen molar-refractivity contribution in [2.75, 3.05) is 0 Å². The van der Waals surface area contributed by atoms with E-state index in [1.165, 1.54) is 24.3 Å². The van der Waals surface area contributed by atoms with E-state index in [0.717, 1.165) is 0 Å². The largest absolute Gasteiger partial charge is 0.423 e. The Kier molecular flexibility index (Phi) is 4.35. The molecule has 23 heavy (non-hydrogen) atoms. The second-order valence-corrected chi connectivity index (χ2v) is 4.46. The normalized spacial score (nSPS) is 12.1. The van der Waals surface area contributed by atoms with E-state index in [0.29, 0.717) is 0 Å². The van der Waals surface area contributed by atoms with Crippen LogP contribution >= 0.6 is 0 Å². The number of carbonyl (C=O) groups is 1. The maximum atomic E-state index is 12.9. The molecular weight excluding hydrogens is 326 g/mol. The molecule has 0 aliphatic rings. The maximum absolute atomic E-state index is 12.9. The lowest BCUT2D eigenvalue weighted by molar-refractivity contribution is -0.141. The van der Waals surface area contributed by atoms with Crippen LogP contribution in [0.15, 0.2) is 48.5 Å². The van der Waals surface area contributed by atoms with Gasteiger partial charge in [-0.05, 0) is 30.3 Å². The highest BCUT2D eigenvalue weighted by Crippen LogP contribution is 2.36. The molecule has 2 aromatic carbocycles. The van der Waals surface area contributed by atoms with Crippen LogP contribution in [0, 0.1) is 0 Å². The minimum Gasteiger partial charge on any atom is -0.423 e. The molecule has 2 aromatic rings. The molecule has 0 saturated carbocycles. The maximum Gasteiger partial charge on any atom is 0.417 e. The topological polar surface area (TPSA) is 26.3 Å². The number of hydrogen-bond acceptors (Lipinski definition) is 2. The van der Waals surface area contributed by atoms with Gasteiger partial charge >= 0.3 is 18.3 Å². The zero-order valence-corrected chi connectivity index (χ0v) is 11.2. The third-order valence-electron chi connectivity index (χ3n) is 2.83. The molecule has 0 saturated heterocycles. The predicted molar refractivity (Wildman–Crippen MR) is 67.8 cm³/mol. The highest BCUT2D eigenvalue weighted by Gasteiger charge is 2.39. The highest BCUT2D eigenvalue weighted by molar-refractivity contribution is 5.93. The first-order valence-corrected chi connectivity index (χ1v) is 6.14. The van der Waals surface area contributed by atoms with Crippen LogP contribution in [0.1, 0.15) is 21.5 Å². The summed E-state index contributed by atoms with van der Waals surface area (Å²) in [5.41, 5.74) is -4.06. The van der Waals surface area contributed by atoms with Gasteiger partial charge in [0.05, 0.1) is 16.7 Å². The van der Waals surface area contributed by atoms with Gasteiger partial charge in [0, 0.05) is 0 Å². The van der Waals surface area contributed by atoms with E-state index in [-0.39, 0.29) is 23.9 Å². The van der Waals surface area contributed by atoms with Gasteiger partial charge in [0.2, 0.25) is 0 Å². The summed E-state index contributed by atoms with van der Waals surface area (Å²) < 4.78 is 81.3. The summed E-state index contributed by atoms with van der Waals surface area (Å²) >= 11 is 0. The number of benzene rings is 2. The molecule has 2 rings (SSSR count). The van der Waals surface area contributed by atoms with Gasteiger partial charge in [0.15, 0.2) is 0 Å². The van der Waals surface area contributed by atoms with Crippen LogP contribution in [0.4, 0.5) is 26.3 Å². The molecular formula is C15H8F6O2. The number of hydrogen-bond donors (Lipinski definition) is 0. The van der Waals surface area contributed by atoms with E-state index in [2.05, 4.69) is 0 Å². The Morgan fingerprint density at radius 3 is 1.96 bits per heavy atom. The van der Waals surface area contributed by atoms with E-state index in [4.69, 9.17) is 4.74 Å². The summed E-state index contributed by atoms with van der Waals surface area (Å²) in [4.78, 5) is 11.9. The smallest absolute Gasteiger partial charge is 0.417 e. The molecule has 0 amide bonds. The first-order valence-electron chi connectivity index (χ1n) is 6.14. The van der Waals surface area contributed by atoms with E-state index >= 15 is 0 Å². The number of alkyl halides is 6. The van der Waals surface area contributed by atoms with Gasteiger partial charge in [-0.3, -0.25) is 0 Å². The van der Waals surface area contributed by atoms with Gasteiger partial charge in [0.1, 0.15) is 5.75 Å². The number of para-hydroxylation sites is 1. The molecule has 0 atom stereocenters. The molecule has 0 aliphatic heterocycles. The van der Waals surface area contributed by atoms with Crippen LogP contribution in [0.25, 0.3) is 0 Å². The van der Waals surface area contributed by atoms with Gasteiger partial charge in [-0.1, -0.05) is 18.2 Å². The zero-order chi connectivity index (χ0) is 17.3. The van der Waals surface area contributed by atoms with Crippen molar-refractivity contribution in [2.45, 2.75) is 12.4 Å². The van der Waals surface area contributed by atoms with Crippen molar-refractivity contribution in [3.05, 3.63) is 65.2 Å². The van der Waals surface area contributed by atoms with Gasteiger partial charge in [-0.15, -0.1) is 0 Å². The molecule has 0 heterocycles. The number of carbonyl (C=O) groups excluding carboxylic acids is 1. The van der Waals surface area contributed by atoms with Crippen molar-refractivity contribution in [3.63, 3.8) is 0 Å². The van der Waals surface area contributed by atoms with Crippen molar-refractivity contribution < 1.29 is 35.9 Å². The molecule has 122 valence electrons. The van der Waals surface area contributed by atoms with Gasteiger partial charge in [-0.25, -0.2) is 4.79 Å². The molecule has 0 bridgehead atoms. The van der Waals surface area contributed by atoms with Gasteiger partial charge < -0.3 is 4.74 Å². The van der Waals surface area contributed by atoms with Crippen molar-refractivity contribution in [2.24, 2.45) is 0 Å². The Morgan fingerprint density at radius 1 is 0.826 bits per heavy atom. The Labute approximate surface area is 126 Å². The molecule has 0 radical (unpaired) electrons. The second-order valence-electron chi connectivity index (χ2n) is 4.46. The SMILES string of the molecule is O=C(Oc1ccccc1)c1cc(C(F)(F)F)ccc1C(F)(F)F. The first-order chi connectivity index (χ1) is 10.6. The molecule has 0 unspecified atom stereocenters. The molecule has 0 N–H and O–H groups in total. The molecule has 0 fully saturated rings. The fourth-order valence-electron chi connectivity index (χ4n) is 1.79. The summed E-state index contributed by atoms with van der Waals surface area (Å²) in [5.74, 6) is -1.60. The molecule has 0 spiro atoms. The van der Waals surface area contributed by atoms with Crippen LogP contribution in [-0.2, 0) is 12.4 Å². The summed E-state index contributed by atoms with van der Waals surface area (Å²) in [5, 5.41) is 0. The quantitative estimate of drug-likeness (QED) is 0.442. The predicted octanol–water partition coefficient (Wildman–Crippen LogP) is 4.94. The van der Waals surface area contributed by atoms with Gasteiger partial charge in [-0.2, -0.15) is 26.3 Å². The van der Waals surface area contributed by atoms with Gasteiger partial charge in [0.25, 0.3) is 0 Å². The Hall–Kier alpha value is -2.51. The lowest BCUT2D eigenvalue weighted by Crippen LogP contribution is -2.19. The van der Waals surface area contributed by atoms with E-state index < -0.39 is 35.0 Å². The summed E-state index contributed by atoms with van der Waals surface area (Å²) in [6.07, 6.45) is -9.87. The first kappa shape index (κ1) is 16.9. The average molecular weight is 334 g/mol. The summed E-state index contributed by atoms with van der Waals surface area (Å²) in [6.45, 7) is 0. The van der Waals surface area contributed by atoms with Crippen molar-refractivity contribution >= 4 is 5.97 Å². The van der Waals surface area contributed by atoms with E-state index in [1.54, 1.807) is 6.07 Å². The minimum absolute atomic E-state index is 0.0805. The standard InChI is InChI=1S/C15H8F6O2/c16-14(17,18)9-6-7-12(15(19,20)21)11(8-9)13(22)23-10-4-2-1-3-5-10/h1-8H.